The monoisotopic (exact) mass is 331 g/mol. The van der Waals surface area contributed by atoms with E-state index in [0.717, 1.165) is 11.5 Å². The first-order valence-electron chi connectivity index (χ1n) is 5.45. The van der Waals surface area contributed by atoms with Crippen molar-refractivity contribution in [3.63, 3.8) is 0 Å². The number of hydrogen-bond acceptors (Lipinski definition) is 5. The van der Waals surface area contributed by atoms with E-state index in [1.54, 1.807) is 0 Å². The summed E-state index contributed by atoms with van der Waals surface area (Å²) >= 11 is 12.3. The Hall–Kier alpha value is -1.39. The largest absolute Gasteiger partial charge is 0.387 e. The first-order valence-corrected chi connectivity index (χ1v) is 6.98. The van der Waals surface area contributed by atoms with Crippen molar-refractivity contribution < 1.29 is 9.50 Å². The number of rotatable bonds is 4. The van der Waals surface area contributed by atoms with Gasteiger partial charge in [-0.05, 0) is 29.2 Å². The SMILES string of the molecule is N#Cc1c(Cl)nsc1NCC(O)c1ccc(Cl)c(F)c1. The molecule has 8 heteroatoms. The van der Waals surface area contributed by atoms with Crippen LogP contribution in [-0.2, 0) is 0 Å². The van der Waals surface area contributed by atoms with Gasteiger partial charge >= 0.3 is 0 Å². The van der Waals surface area contributed by atoms with Crippen molar-refractivity contribution in [2.75, 3.05) is 11.9 Å². The van der Waals surface area contributed by atoms with E-state index in [2.05, 4.69) is 9.69 Å². The van der Waals surface area contributed by atoms with E-state index in [1.165, 1.54) is 18.2 Å². The summed E-state index contributed by atoms with van der Waals surface area (Å²) in [5.41, 5.74) is 0.611. The van der Waals surface area contributed by atoms with Gasteiger partial charge in [0.1, 0.15) is 22.5 Å². The topological polar surface area (TPSA) is 68.9 Å². The molecule has 20 heavy (non-hydrogen) atoms. The van der Waals surface area contributed by atoms with Gasteiger partial charge in [0.2, 0.25) is 0 Å². The maximum atomic E-state index is 13.3. The van der Waals surface area contributed by atoms with Crippen molar-refractivity contribution in [2.45, 2.75) is 6.10 Å². The van der Waals surface area contributed by atoms with Crippen LogP contribution in [0.1, 0.15) is 17.2 Å². The Balaban J connectivity index is 2.07. The van der Waals surface area contributed by atoms with E-state index < -0.39 is 11.9 Å². The molecule has 0 aliphatic rings. The first kappa shape index (κ1) is 15.0. The average molecular weight is 332 g/mol. The molecule has 0 radical (unpaired) electrons. The predicted molar refractivity (Wildman–Crippen MR) is 76.7 cm³/mol. The Morgan fingerprint density at radius 3 is 2.90 bits per heavy atom. The molecule has 0 spiro atoms. The van der Waals surface area contributed by atoms with Crippen LogP contribution in [0.4, 0.5) is 9.39 Å². The van der Waals surface area contributed by atoms with E-state index in [9.17, 15) is 9.50 Å². The molecule has 2 N–H and O–H groups in total. The minimum absolute atomic E-state index is 0.00471. The maximum Gasteiger partial charge on any atom is 0.162 e. The summed E-state index contributed by atoms with van der Waals surface area (Å²) in [5, 5.41) is 22.3. The van der Waals surface area contributed by atoms with Crippen LogP contribution in [0.2, 0.25) is 10.2 Å². The molecule has 0 bridgehead atoms. The van der Waals surface area contributed by atoms with Crippen LogP contribution in [0, 0.1) is 17.1 Å². The number of anilines is 1. The molecule has 2 aromatic rings. The van der Waals surface area contributed by atoms with E-state index in [4.69, 9.17) is 28.5 Å². The van der Waals surface area contributed by atoms with E-state index in [0.29, 0.717) is 10.6 Å². The van der Waals surface area contributed by atoms with Crippen molar-refractivity contribution in [3.8, 4) is 6.07 Å². The molecule has 0 saturated heterocycles. The lowest BCUT2D eigenvalue weighted by molar-refractivity contribution is 0.191. The Bertz CT molecular complexity index is 671. The molecule has 4 nitrogen and oxygen atoms in total. The van der Waals surface area contributed by atoms with Crippen molar-refractivity contribution >= 4 is 39.7 Å². The third kappa shape index (κ3) is 3.19. The van der Waals surface area contributed by atoms with Crippen LogP contribution < -0.4 is 5.32 Å². The lowest BCUT2D eigenvalue weighted by atomic mass is 10.1. The molecule has 1 atom stereocenters. The van der Waals surface area contributed by atoms with E-state index in [1.807, 2.05) is 6.07 Å². The summed E-state index contributed by atoms with van der Waals surface area (Å²) in [7, 11) is 0. The molecule has 1 heterocycles. The number of benzene rings is 1. The van der Waals surface area contributed by atoms with Crippen LogP contribution in [-0.4, -0.2) is 16.0 Å². The summed E-state index contributed by atoms with van der Waals surface area (Å²) < 4.78 is 17.1. The Kier molecular flexibility index (Phi) is 4.78. The molecule has 0 fully saturated rings. The molecule has 104 valence electrons. The standard InChI is InChI=1S/C12H8Cl2FN3OS/c13-8-2-1-6(3-9(8)15)10(19)5-17-12-7(4-16)11(14)18-20-12/h1-3,10,17,19H,5H2. The molecular weight excluding hydrogens is 324 g/mol. The van der Waals surface area contributed by atoms with Gasteiger partial charge in [-0.1, -0.05) is 29.3 Å². The second kappa shape index (κ2) is 6.37. The van der Waals surface area contributed by atoms with Crippen molar-refractivity contribution in [3.05, 3.63) is 45.3 Å². The fraction of sp³-hybridized carbons (Fsp3) is 0.167. The quantitative estimate of drug-likeness (QED) is 0.897. The summed E-state index contributed by atoms with van der Waals surface area (Å²) in [6.45, 7) is 0.0915. The molecule has 0 amide bonds. The molecule has 0 aliphatic heterocycles. The molecule has 1 unspecified atom stereocenters. The van der Waals surface area contributed by atoms with Gasteiger partial charge in [0, 0.05) is 6.54 Å². The molecule has 0 aliphatic carbocycles. The van der Waals surface area contributed by atoms with Crippen LogP contribution >= 0.6 is 34.7 Å². The van der Waals surface area contributed by atoms with Crippen molar-refractivity contribution in [1.29, 1.82) is 5.26 Å². The fourth-order valence-corrected chi connectivity index (χ4v) is 2.57. The van der Waals surface area contributed by atoms with Gasteiger partial charge in [-0.2, -0.15) is 9.64 Å². The molecule has 1 aromatic heterocycles. The van der Waals surface area contributed by atoms with Crippen LogP contribution in [0.25, 0.3) is 0 Å². The number of nitriles is 1. The number of aromatic nitrogens is 1. The number of nitrogens with zero attached hydrogens (tertiary/aromatic N) is 2. The van der Waals surface area contributed by atoms with Crippen LogP contribution in [0.15, 0.2) is 18.2 Å². The normalized spacial score (nSPS) is 11.9. The average Bonchev–Trinajstić information content (AvgIpc) is 2.79. The number of halogens is 3. The second-order valence-electron chi connectivity index (χ2n) is 3.86. The highest BCUT2D eigenvalue weighted by Crippen LogP contribution is 2.28. The van der Waals surface area contributed by atoms with Crippen LogP contribution in [0.3, 0.4) is 0 Å². The van der Waals surface area contributed by atoms with Crippen molar-refractivity contribution in [2.24, 2.45) is 0 Å². The summed E-state index contributed by atoms with van der Waals surface area (Å²) in [6, 6.07) is 5.99. The van der Waals surface area contributed by atoms with E-state index in [-0.39, 0.29) is 22.3 Å². The number of nitrogens with one attached hydrogen (secondary N) is 1. The molecule has 1 aromatic carbocycles. The zero-order valence-electron chi connectivity index (χ0n) is 9.90. The van der Waals surface area contributed by atoms with Gasteiger partial charge in [0.25, 0.3) is 0 Å². The van der Waals surface area contributed by atoms with E-state index >= 15 is 0 Å². The second-order valence-corrected chi connectivity index (χ2v) is 5.40. The van der Waals surface area contributed by atoms with Crippen molar-refractivity contribution in [1.82, 2.24) is 4.37 Å². The van der Waals surface area contributed by atoms with Gasteiger partial charge in [-0.15, -0.1) is 0 Å². The molecule has 2 rings (SSSR count). The van der Waals surface area contributed by atoms with Gasteiger partial charge in [0.15, 0.2) is 5.15 Å². The van der Waals surface area contributed by atoms with Gasteiger partial charge in [-0.25, -0.2) is 4.39 Å². The highest BCUT2D eigenvalue weighted by atomic mass is 35.5. The zero-order valence-corrected chi connectivity index (χ0v) is 12.2. The number of hydrogen-bond donors (Lipinski definition) is 2. The lowest BCUT2D eigenvalue weighted by Gasteiger charge is -2.12. The molecule has 0 saturated carbocycles. The van der Waals surface area contributed by atoms with Gasteiger partial charge in [0.05, 0.1) is 11.1 Å². The summed E-state index contributed by atoms with van der Waals surface area (Å²) in [4.78, 5) is 0. The minimum atomic E-state index is -0.950. The smallest absolute Gasteiger partial charge is 0.162 e. The van der Waals surface area contributed by atoms with Gasteiger partial charge < -0.3 is 10.4 Å². The number of aliphatic hydroxyl groups excluding tert-OH is 1. The summed E-state index contributed by atoms with van der Waals surface area (Å²) in [6.07, 6.45) is -0.950. The Morgan fingerprint density at radius 2 is 2.25 bits per heavy atom. The van der Waals surface area contributed by atoms with Gasteiger partial charge in [-0.3, -0.25) is 0 Å². The maximum absolute atomic E-state index is 13.3. The zero-order chi connectivity index (χ0) is 14.7. The third-order valence-corrected chi connectivity index (χ3v) is 4.03. The Morgan fingerprint density at radius 1 is 1.50 bits per heavy atom. The number of aliphatic hydroxyl groups is 1. The fourth-order valence-electron chi connectivity index (χ4n) is 1.52. The third-order valence-electron chi connectivity index (χ3n) is 2.55. The Labute approximate surface area is 128 Å². The first-order chi connectivity index (χ1) is 9.52. The molecular formula is C12H8Cl2FN3OS. The predicted octanol–water partition coefficient (Wildman–Crippen LogP) is 3.61. The lowest BCUT2D eigenvalue weighted by Crippen LogP contribution is -2.12. The van der Waals surface area contributed by atoms with Crippen LogP contribution in [0.5, 0.6) is 0 Å². The summed E-state index contributed by atoms with van der Waals surface area (Å²) in [5.74, 6) is -0.596. The highest BCUT2D eigenvalue weighted by Gasteiger charge is 2.14. The minimum Gasteiger partial charge on any atom is -0.387 e. The highest BCUT2D eigenvalue weighted by molar-refractivity contribution is 7.10.